The molecule has 12 aromatic carbocycles. The Hall–Kier alpha value is -9.96. The molecule has 0 N–H and O–H groups in total. The summed E-state index contributed by atoms with van der Waals surface area (Å²) < 4.78 is 13.1. The predicted octanol–water partition coefficient (Wildman–Crippen LogP) is 20.0. The highest BCUT2D eigenvalue weighted by Gasteiger charge is 2.46. The molecule has 2 aromatic heterocycles. The van der Waals surface area contributed by atoms with Crippen LogP contribution in [0, 0.1) is 0 Å². The van der Waals surface area contributed by atoms with Gasteiger partial charge in [0.05, 0.1) is 11.1 Å². The van der Waals surface area contributed by atoms with E-state index in [2.05, 4.69) is 266 Å². The van der Waals surface area contributed by atoms with Crippen molar-refractivity contribution >= 4 is 60.9 Å². The third-order valence-corrected chi connectivity index (χ3v) is 15.8. The van der Waals surface area contributed by atoms with Gasteiger partial charge < -0.3 is 13.7 Å². The molecule has 0 aliphatic heterocycles. The summed E-state index contributed by atoms with van der Waals surface area (Å²) in [5.41, 5.74) is 22.7. The molecule has 2 heterocycles. The van der Waals surface area contributed by atoms with Crippen LogP contribution in [0.1, 0.15) is 22.3 Å². The lowest BCUT2D eigenvalue weighted by Crippen LogP contribution is -2.28. The highest BCUT2D eigenvalue weighted by atomic mass is 16.3. The number of anilines is 3. The van der Waals surface area contributed by atoms with Gasteiger partial charge in [-0.3, -0.25) is 0 Å². The largest absolute Gasteiger partial charge is 0.455 e. The monoisotopic (exact) mass is 969 g/mol. The zero-order valence-corrected chi connectivity index (χ0v) is 41.4. The van der Waals surface area contributed by atoms with Crippen LogP contribution < -0.4 is 4.90 Å². The van der Waals surface area contributed by atoms with Crippen molar-refractivity contribution in [2.45, 2.75) is 5.41 Å². The molecule has 0 fully saturated rings. The number of benzene rings is 12. The van der Waals surface area contributed by atoms with Crippen LogP contribution in [0.15, 0.2) is 294 Å². The third kappa shape index (κ3) is 6.83. The van der Waals surface area contributed by atoms with Gasteiger partial charge in [-0.2, -0.15) is 0 Å². The average molecular weight is 970 g/mol. The highest BCUT2D eigenvalue weighted by molar-refractivity contribution is 6.11. The number of furan rings is 2. The van der Waals surface area contributed by atoms with Crippen molar-refractivity contribution in [2.75, 3.05) is 4.90 Å². The first-order chi connectivity index (χ1) is 37.7. The van der Waals surface area contributed by atoms with E-state index >= 15 is 0 Å². The van der Waals surface area contributed by atoms with Crippen LogP contribution in [0.25, 0.3) is 99.5 Å². The average Bonchev–Trinajstić information content (AvgIpc) is 4.32. The molecule has 0 amide bonds. The number of para-hydroxylation sites is 5. The third-order valence-electron chi connectivity index (χ3n) is 15.8. The van der Waals surface area contributed by atoms with Crippen molar-refractivity contribution in [3.63, 3.8) is 0 Å². The fraction of sp³-hybridized carbons (Fsp3) is 0.0137. The first-order valence-corrected chi connectivity index (χ1v) is 26.1. The van der Waals surface area contributed by atoms with Crippen molar-refractivity contribution < 1.29 is 8.83 Å². The molecular weight excluding hydrogens is 923 g/mol. The molecule has 0 spiro atoms. The van der Waals surface area contributed by atoms with Gasteiger partial charge in [-0.25, -0.2) is 0 Å². The van der Waals surface area contributed by atoms with Crippen molar-refractivity contribution in [2.24, 2.45) is 0 Å². The topological polar surface area (TPSA) is 29.5 Å². The molecule has 0 saturated carbocycles. The maximum Gasteiger partial charge on any atom is 0.143 e. The minimum absolute atomic E-state index is 0.452. The van der Waals surface area contributed by atoms with Gasteiger partial charge >= 0.3 is 0 Å². The number of nitrogens with zero attached hydrogens (tertiary/aromatic N) is 1. The Morgan fingerprint density at radius 2 is 0.737 bits per heavy atom. The molecule has 3 heteroatoms. The predicted molar refractivity (Wildman–Crippen MR) is 315 cm³/mol. The van der Waals surface area contributed by atoms with Crippen LogP contribution in [0.5, 0.6) is 0 Å². The van der Waals surface area contributed by atoms with E-state index < -0.39 is 5.41 Å². The van der Waals surface area contributed by atoms with Gasteiger partial charge in [0, 0.05) is 49.6 Å². The van der Waals surface area contributed by atoms with Gasteiger partial charge in [0.15, 0.2) is 0 Å². The van der Waals surface area contributed by atoms with Crippen molar-refractivity contribution in [3.05, 3.63) is 307 Å². The zero-order valence-electron chi connectivity index (χ0n) is 41.4. The molecule has 1 aliphatic rings. The SMILES string of the molecule is c1ccc(C2(c3ccccc3)c3ccccc3-c3cc(-c4cccc(-c5ccccc5N(c5ccc(-c6cccc7c6oc6ccccc67)cc5)c5cccc(-c6cccc7c6oc6ccccc67)c5)c4)ccc32)cc1. The Morgan fingerprint density at radius 3 is 1.42 bits per heavy atom. The second-order valence-electron chi connectivity index (χ2n) is 19.9. The molecule has 0 bridgehead atoms. The lowest BCUT2D eigenvalue weighted by molar-refractivity contribution is 0.669. The van der Waals surface area contributed by atoms with E-state index in [0.29, 0.717) is 0 Å². The summed E-state index contributed by atoms with van der Waals surface area (Å²) in [5.74, 6) is 0. The minimum atomic E-state index is -0.452. The zero-order chi connectivity index (χ0) is 50.2. The minimum Gasteiger partial charge on any atom is -0.455 e. The van der Waals surface area contributed by atoms with Crippen molar-refractivity contribution in [1.82, 2.24) is 0 Å². The Balaban J connectivity index is 0.870. The van der Waals surface area contributed by atoms with Crippen LogP contribution in [0.4, 0.5) is 17.1 Å². The summed E-state index contributed by atoms with van der Waals surface area (Å²) in [5, 5.41) is 4.46. The summed E-state index contributed by atoms with van der Waals surface area (Å²) in [4.78, 5) is 2.40. The van der Waals surface area contributed by atoms with Gasteiger partial charge in [0.2, 0.25) is 0 Å². The molecular formula is C73H47NO2. The molecule has 3 nitrogen and oxygen atoms in total. The molecule has 0 atom stereocenters. The highest BCUT2D eigenvalue weighted by Crippen LogP contribution is 2.57. The molecule has 0 unspecified atom stereocenters. The molecule has 356 valence electrons. The van der Waals surface area contributed by atoms with Crippen LogP contribution in [-0.4, -0.2) is 0 Å². The Kier molecular flexibility index (Phi) is 10.1. The first-order valence-electron chi connectivity index (χ1n) is 26.1. The van der Waals surface area contributed by atoms with Gasteiger partial charge in [-0.1, -0.05) is 231 Å². The van der Waals surface area contributed by atoms with Gasteiger partial charge in [0.1, 0.15) is 22.3 Å². The van der Waals surface area contributed by atoms with Crippen LogP contribution >= 0.6 is 0 Å². The Morgan fingerprint density at radius 1 is 0.263 bits per heavy atom. The van der Waals surface area contributed by atoms with E-state index in [1.54, 1.807) is 0 Å². The number of hydrogen-bond donors (Lipinski definition) is 0. The summed E-state index contributed by atoms with van der Waals surface area (Å²) in [6.45, 7) is 0. The molecule has 76 heavy (non-hydrogen) atoms. The molecule has 1 aliphatic carbocycles. The van der Waals surface area contributed by atoms with E-state index in [4.69, 9.17) is 8.83 Å². The quantitative estimate of drug-likeness (QED) is 0.144. The van der Waals surface area contributed by atoms with E-state index in [-0.39, 0.29) is 0 Å². The van der Waals surface area contributed by atoms with Crippen molar-refractivity contribution in [3.8, 4) is 55.6 Å². The van der Waals surface area contributed by atoms with E-state index in [1.807, 2.05) is 24.3 Å². The maximum absolute atomic E-state index is 6.61. The number of rotatable bonds is 9. The lowest BCUT2D eigenvalue weighted by atomic mass is 9.67. The lowest BCUT2D eigenvalue weighted by Gasteiger charge is -2.33. The Bertz CT molecular complexity index is 4490. The molecule has 14 aromatic rings. The van der Waals surface area contributed by atoms with Gasteiger partial charge in [0.25, 0.3) is 0 Å². The van der Waals surface area contributed by atoms with Gasteiger partial charge in [-0.05, 0) is 116 Å². The summed E-state index contributed by atoms with van der Waals surface area (Å²) in [6, 6.07) is 103. The standard InChI is InChI=1S/C73H47NO2/c1-3-22-53(23-4-1)73(54-24-5-2-6-25-54)66-35-11-7-28-60(66)65-47-50(41-44-67(65)73)49-19-15-20-51(45-49)57-27-8-12-36-68(57)74(55-42-39-48(40-43-55)58-31-17-33-63-61-29-9-13-37-69(61)75-71(58)63)56-26-16-21-52(46-56)59-32-18-34-64-62-30-10-14-38-70(62)76-72(59)64/h1-47H. The fourth-order valence-corrected chi connectivity index (χ4v) is 12.4. The maximum atomic E-state index is 6.61. The van der Waals surface area contributed by atoms with Crippen LogP contribution in [0.3, 0.4) is 0 Å². The normalized spacial score (nSPS) is 12.6. The van der Waals surface area contributed by atoms with E-state index in [9.17, 15) is 0 Å². The Labute approximate surface area is 440 Å². The first kappa shape index (κ1) is 43.6. The second-order valence-corrected chi connectivity index (χ2v) is 19.9. The summed E-state index contributed by atoms with van der Waals surface area (Å²) in [7, 11) is 0. The van der Waals surface area contributed by atoms with E-state index in [1.165, 1.54) is 38.9 Å². The molecule has 15 rings (SSSR count). The van der Waals surface area contributed by atoms with Crippen LogP contribution in [-0.2, 0) is 5.41 Å². The van der Waals surface area contributed by atoms with Gasteiger partial charge in [-0.15, -0.1) is 0 Å². The van der Waals surface area contributed by atoms with Crippen LogP contribution in [0.2, 0.25) is 0 Å². The van der Waals surface area contributed by atoms with E-state index in [0.717, 1.165) is 99.9 Å². The number of hydrogen-bond acceptors (Lipinski definition) is 3. The summed E-state index contributed by atoms with van der Waals surface area (Å²) in [6.07, 6.45) is 0. The fourth-order valence-electron chi connectivity index (χ4n) is 12.4. The van der Waals surface area contributed by atoms with Crippen molar-refractivity contribution in [1.29, 1.82) is 0 Å². The number of fused-ring (bicyclic) bond motifs is 9. The molecule has 0 saturated heterocycles. The smallest absolute Gasteiger partial charge is 0.143 e. The molecule has 0 radical (unpaired) electrons. The second kappa shape index (κ2) is 17.6. The summed E-state index contributed by atoms with van der Waals surface area (Å²) >= 11 is 0.